The van der Waals surface area contributed by atoms with Crippen molar-refractivity contribution in [3.05, 3.63) is 54.0 Å². The van der Waals surface area contributed by atoms with Gasteiger partial charge in [-0.2, -0.15) is 0 Å². The lowest BCUT2D eigenvalue weighted by Crippen LogP contribution is -1.98. The smallest absolute Gasteiger partial charge is 0.162 e. The van der Waals surface area contributed by atoms with Crippen LogP contribution in [0.4, 0.5) is 0 Å². The number of oxime groups is 1. The standard InChI is InChI=1S/C15H13N5O2/c21-8-7-20-10-13(18-19-20)11-22-17-9-12-5-6-16-15-4-2-1-3-14(12)15/h1-6,8-10H,7,11H2/b17-9+. The molecule has 7 heteroatoms. The number of nitrogens with zero attached hydrogens (tertiary/aromatic N) is 5. The van der Waals surface area contributed by atoms with Gasteiger partial charge in [-0.15, -0.1) is 5.10 Å². The fourth-order valence-electron chi connectivity index (χ4n) is 2.00. The van der Waals surface area contributed by atoms with Crippen LogP contribution in [0.2, 0.25) is 0 Å². The molecule has 0 atom stereocenters. The van der Waals surface area contributed by atoms with E-state index in [-0.39, 0.29) is 13.2 Å². The second-order valence-electron chi connectivity index (χ2n) is 4.52. The number of rotatable bonds is 6. The van der Waals surface area contributed by atoms with Gasteiger partial charge in [-0.1, -0.05) is 28.6 Å². The number of hydrogen-bond donors (Lipinski definition) is 0. The van der Waals surface area contributed by atoms with Crippen molar-refractivity contribution in [3.8, 4) is 0 Å². The second-order valence-corrected chi connectivity index (χ2v) is 4.52. The summed E-state index contributed by atoms with van der Waals surface area (Å²) in [6, 6.07) is 9.69. The number of hydrogen-bond acceptors (Lipinski definition) is 6. The maximum atomic E-state index is 10.4. The van der Waals surface area contributed by atoms with E-state index in [9.17, 15) is 4.79 Å². The van der Waals surface area contributed by atoms with Crippen LogP contribution in [0.1, 0.15) is 11.3 Å². The van der Waals surface area contributed by atoms with Crippen LogP contribution in [0.3, 0.4) is 0 Å². The van der Waals surface area contributed by atoms with E-state index in [1.165, 1.54) is 4.68 Å². The molecule has 0 saturated heterocycles. The zero-order valence-electron chi connectivity index (χ0n) is 11.7. The normalized spacial score (nSPS) is 11.1. The summed E-state index contributed by atoms with van der Waals surface area (Å²) in [7, 11) is 0. The van der Waals surface area contributed by atoms with E-state index < -0.39 is 0 Å². The minimum atomic E-state index is 0.180. The van der Waals surface area contributed by atoms with Crippen molar-refractivity contribution < 1.29 is 9.63 Å². The quantitative estimate of drug-likeness (QED) is 0.392. The Labute approximate surface area is 126 Å². The Hall–Kier alpha value is -3.09. The molecular formula is C15H13N5O2. The molecule has 0 spiro atoms. The van der Waals surface area contributed by atoms with Gasteiger partial charge in [0.1, 0.15) is 12.0 Å². The Kier molecular flexibility index (Phi) is 4.15. The van der Waals surface area contributed by atoms with E-state index in [1.54, 1.807) is 18.6 Å². The number of pyridine rings is 1. The molecule has 0 bridgehead atoms. The first-order valence-corrected chi connectivity index (χ1v) is 6.68. The summed E-state index contributed by atoms with van der Waals surface area (Å²) in [5, 5.41) is 12.6. The highest BCUT2D eigenvalue weighted by molar-refractivity contribution is 5.97. The Balaban J connectivity index is 1.64. The van der Waals surface area contributed by atoms with Crippen molar-refractivity contribution in [3.63, 3.8) is 0 Å². The van der Waals surface area contributed by atoms with Crippen LogP contribution in [-0.2, 0) is 22.8 Å². The molecule has 3 rings (SSSR count). The van der Waals surface area contributed by atoms with Crippen molar-refractivity contribution in [2.24, 2.45) is 5.16 Å². The van der Waals surface area contributed by atoms with Crippen LogP contribution >= 0.6 is 0 Å². The molecule has 22 heavy (non-hydrogen) atoms. The summed E-state index contributed by atoms with van der Waals surface area (Å²) in [4.78, 5) is 19.9. The first kappa shape index (κ1) is 13.9. The maximum Gasteiger partial charge on any atom is 0.162 e. The van der Waals surface area contributed by atoms with E-state index in [0.717, 1.165) is 22.8 Å². The molecule has 0 N–H and O–H groups in total. The summed E-state index contributed by atoms with van der Waals surface area (Å²) in [5.74, 6) is 0. The van der Waals surface area contributed by atoms with Gasteiger partial charge in [0, 0.05) is 17.1 Å². The lowest BCUT2D eigenvalue weighted by atomic mass is 10.1. The molecule has 0 fully saturated rings. The molecule has 1 aromatic carbocycles. The van der Waals surface area contributed by atoms with Crippen LogP contribution < -0.4 is 0 Å². The maximum absolute atomic E-state index is 10.4. The van der Waals surface area contributed by atoms with Gasteiger partial charge >= 0.3 is 0 Å². The topological polar surface area (TPSA) is 82.3 Å². The predicted molar refractivity (Wildman–Crippen MR) is 80.2 cm³/mol. The summed E-state index contributed by atoms with van der Waals surface area (Å²) < 4.78 is 1.44. The second kappa shape index (κ2) is 6.57. The zero-order chi connectivity index (χ0) is 15.2. The van der Waals surface area contributed by atoms with Crippen LogP contribution in [0.15, 0.2) is 47.9 Å². The molecule has 2 heterocycles. The van der Waals surface area contributed by atoms with Gasteiger partial charge in [-0.3, -0.25) is 4.98 Å². The number of para-hydroxylation sites is 1. The van der Waals surface area contributed by atoms with Crippen molar-refractivity contribution in [2.75, 3.05) is 0 Å². The van der Waals surface area contributed by atoms with Gasteiger partial charge in [0.25, 0.3) is 0 Å². The zero-order valence-corrected chi connectivity index (χ0v) is 11.7. The van der Waals surface area contributed by atoms with Gasteiger partial charge in [-0.25, -0.2) is 4.68 Å². The molecule has 110 valence electrons. The number of fused-ring (bicyclic) bond motifs is 1. The van der Waals surface area contributed by atoms with Gasteiger partial charge in [-0.05, 0) is 12.1 Å². The van der Waals surface area contributed by atoms with Gasteiger partial charge in [0.05, 0.1) is 24.5 Å². The summed E-state index contributed by atoms with van der Waals surface area (Å²) in [5.41, 5.74) is 2.44. The molecule has 0 radical (unpaired) electrons. The summed E-state index contributed by atoms with van der Waals surface area (Å²) in [6.07, 6.45) is 5.77. The first-order chi connectivity index (χ1) is 10.9. The van der Waals surface area contributed by atoms with Crippen molar-refractivity contribution in [1.82, 2.24) is 20.0 Å². The third-order valence-corrected chi connectivity index (χ3v) is 3.01. The molecular weight excluding hydrogens is 282 g/mol. The third kappa shape index (κ3) is 3.14. The van der Waals surface area contributed by atoms with Crippen molar-refractivity contribution in [2.45, 2.75) is 13.2 Å². The highest BCUT2D eigenvalue weighted by atomic mass is 16.6. The molecule has 2 aromatic heterocycles. The average molecular weight is 295 g/mol. The predicted octanol–water partition coefficient (Wildman–Crippen LogP) is 1.58. The van der Waals surface area contributed by atoms with Crippen LogP contribution in [-0.4, -0.2) is 32.5 Å². The molecule has 0 unspecified atom stereocenters. The van der Waals surface area contributed by atoms with E-state index in [0.29, 0.717) is 5.69 Å². The molecule has 0 amide bonds. The molecule has 0 aliphatic heterocycles. The number of carbonyl (C=O) groups is 1. The lowest BCUT2D eigenvalue weighted by Gasteiger charge is -2.00. The largest absolute Gasteiger partial charge is 0.389 e. The van der Waals surface area contributed by atoms with Gasteiger partial charge < -0.3 is 9.63 Å². The number of benzene rings is 1. The SMILES string of the molecule is O=CCn1cc(CO/N=C/c2ccnc3ccccc23)nn1. The highest BCUT2D eigenvalue weighted by Crippen LogP contribution is 2.14. The Morgan fingerprint density at radius 3 is 3.09 bits per heavy atom. The average Bonchev–Trinajstić information content (AvgIpc) is 3.00. The van der Waals surface area contributed by atoms with E-state index in [2.05, 4.69) is 20.5 Å². The first-order valence-electron chi connectivity index (χ1n) is 6.68. The fraction of sp³-hybridized carbons (Fsp3) is 0.133. The summed E-state index contributed by atoms with van der Waals surface area (Å²) >= 11 is 0. The van der Waals surface area contributed by atoms with Crippen LogP contribution in [0, 0.1) is 0 Å². The number of carbonyl (C=O) groups excluding carboxylic acids is 1. The van der Waals surface area contributed by atoms with Gasteiger partial charge in [0.2, 0.25) is 0 Å². The molecule has 0 saturated carbocycles. The molecule has 0 aliphatic carbocycles. The molecule has 0 aliphatic rings. The third-order valence-electron chi connectivity index (χ3n) is 3.01. The van der Waals surface area contributed by atoms with E-state index in [4.69, 9.17) is 4.84 Å². The monoisotopic (exact) mass is 295 g/mol. The van der Waals surface area contributed by atoms with Crippen molar-refractivity contribution >= 4 is 23.4 Å². The minimum Gasteiger partial charge on any atom is -0.389 e. The fourth-order valence-corrected chi connectivity index (χ4v) is 2.00. The summed E-state index contributed by atoms with van der Waals surface area (Å²) in [6.45, 7) is 0.373. The molecule has 3 aromatic rings. The highest BCUT2D eigenvalue weighted by Gasteiger charge is 2.01. The Morgan fingerprint density at radius 1 is 1.27 bits per heavy atom. The minimum absolute atomic E-state index is 0.180. The van der Waals surface area contributed by atoms with Crippen LogP contribution in [0.5, 0.6) is 0 Å². The Morgan fingerprint density at radius 2 is 2.18 bits per heavy atom. The van der Waals surface area contributed by atoms with E-state index >= 15 is 0 Å². The lowest BCUT2D eigenvalue weighted by molar-refractivity contribution is -0.108. The van der Waals surface area contributed by atoms with Crippen LogP contribution in [0.25, 0.3) is 10.9 Å². The van der Waals surface area contributed by atoms with Crippen molar-refractivity contribution in [1.29, 1.82) is 0 Å². The van der Waals surface area contributed by atoms with Gasteiger partial charge in [0.15, 0.2) is 6.61 Å². The number of aromatic nitrogens is 4. The number of aldehydes is 1. The van der Waals surface area contributed by atoms with E-state index in [1.807, 2.05) is 30.3 Å². The Bertz CT molecular complexity index is 807. The molecule has 7 nitrogen and oxygen atoms in total.